The molecule has 1 heterocycles. The van der Waals surface area contributed by atoms with Crippen LogP contribution in [0.15, 0.2) is 18.2 Å². The second-order valence-corrected chi connectivity index (χ2v) is 4.97. The summed E-state index contributed by atoms with van der Waals surface area (Å²) < 4.78 is 19.3. The molecule has 0 amide bonds. The number of rotatable bonds is 2. The fourth-order valence-electron chi connectivity index (χ4n) is 2.27. The molecule has 0 unspecified atom stereocenters. The lowest BCUT2D eigenvalue weighted by Crippen LogP contribution is -2.48. The molecule has 3 nitrogen and oxygen atoms in total. The van der Waals surface area contributed by atoms with Crippen LogP contribution in [0.25, 0.3) is 0 Å². The van der Waals surface area contributed by atoms with E-state index in [1.807, 2.05) is 19.9 Å². The predicted octanol–water partition coefficient (Wildman–Crippen LogP) is 1.90. The van der Waals surface area contributed by atoms with Crippen LogP contribution < -0.4 is 10.6 Å². The monoisotopic (exact) mass is 238 g/mol. The normalized spacial score (nSPS) is 19.4. The highest BCUT2D eigenvalue weighted by molar-refractivity contribution is 5.54. The molecule has 1 fully saturated rings. The van der Waals surface area contributed by atoms with E-state index in [0.717, 1.165) is 18.8 Å². The van der Waals surface area contributed by atoms with E-state index in [4.69, 9.17) is 10.5 Å². The van der Waals surface area contributed by atoms with Gasteiger partial charge in [-0.1, -0.05) is 6.07 Å². The number of ether oxygens (including phenoxy) is 1. The van der Waals surface area contributed by atoms with Gasteiger partial charge >= 0.3 is 0 Å². The summed E-state index contributed by atoms with van der Waals surface area (Å²) >= 11 is 0. The van der Waals surface area contributed by atoms with Crippen molar-refractivity contribution < 1.29 is 9.13 Å². The Morgan fingerprint density at radius 3 is 2.88 bits per heavy atom. The maximum Gasteiger partial charge on any atom is 0.129 e. The minimum absolute atomic E-state index is 0.198. The van der Waals surface area contributed by atoms with Crippen molar-refractivity contribution in [3.05, 3.63) is 29.6 Å². The average molecular weight is 238 g/mol. The summed E-state index contributed by atoms with van der Waals surface area (Å²) in [7, 11) is 0. The summed E-state index contributed by atoms with van der Waals surface area (Å²) in [6.45, 7) is 6.50. The molecule has 0 atom stereocenters. The first-order valence-corrected chi connectivity index (χ1v) is 5.90. The van der Waals surface area contributed by atoms with Crippen molar-refractivity contribution in [1.82, 2.24) is 0 Å². The molecule has 2 rings (SSSR count). The minimum atomic E-state index is -0.228. The molecule has 0 aliphatic carbocycles. The molecular formula is C13H19FN2O. The quantitative estimate of drug-likeness (QED) is 0.855. The number of morpholine rings is 1. The molecule has 1 saturated heterocycles. The fraction of sp³-hybridized carbons (Fsp3) is 0.538. The van der Waals surface area contributed by atoms with Gasteiger partial charge in [0.1, 0.15) is 5.82 Å². The number of nitrogens with two attached hydrogens (primary N) is 1. The molecule has 4 heteroatoms. The molecule has 1 aliphatic rings. The van der Waals surface area contributed by atoms with Crippen LogP contribution in [0.4, 0.5) is 10.1 Å². The maximum atomic E-state index is 13.7. The van der Waals surface area contributed by atoms with E-state index in [9.17, 15) is 4.39 Å². The summed E-state index contributed by atoms with van der Waals surface area (Å²) in [6, 6.07) is 5.11. The summed E-state index contributed by atoms with van der Waals surface area (Å²) in [5.41, 5.74) is 6.91. The Balaban J connectivity index is 2.30. The average Bonchev–Trinajstić information content (AvgIpc) is 2.27. The van der Waals surface area contributed by atoms with Gasteiger partial charge in [0.15, 0.2) is 0 Å². The fourth-order valence-corrected chi connectivity index (χ4v) is 2.27. The molecule has 0 radical (unpaired) electrons. The van der Waals surface area contributed by atoms with Crippen LogP contribution in [-0.2, 0) is 11.3 Å². The molecule has 0 spiro atoms. The second kappa shape index (κ2) is 4.63. The molecule has 2 N–H and O–H groups in total. The van der Waals surface area contributed by atoms with Gasteiger partial charge in [-0.15, -0.1) is 0 Å². The van der Waals surface area contributed by atoms with Crippen LogP contribution in [-0.4, -0.2) is 25.3 Å². The Labute approximate surface area is 101 Å². The second-order valence-electron chi connectivity index (χ2n) is 4.97. The van der Waals surface area contributed by atoms with Crippen LogP contribution in [0.3, 0.4) is 0 Å². The molecule has 17 heavy (non-hydrogen) atoms. The van der Waals surface area contributed by atoms with Crippen molar-refractivity contribution in [2.45, 2.75) is 26.0 Å². The largest absolute Gasteiger partial charge is 0.372 e. The van der Waals surface area contributed by atoms with Gasteiger partial charge in [-0.3, -0.25) is 0 Å². The highest BCUT2D eigenvalue weighted by atomic mass is 19.1. The van der Waals surface area contributed by atoms with Crippen LogP contribution >= 0.6 is 0 Å². The van der Waals surface area contributed by atoms with Gasteiger partial charge in [0.2, 0.25) is 0 Å². The Bertz CT molecular complexity index is 406. The number of hydrogen-bond donors (Lipinski definition) is 1. The van der Waals surface area contributed by atoms with Crippen LogP contribution in [0.1, 0.15) is 19.4 Å². The van der Waals surface area contributed by atoms with E-state index >= 15 is 0 Å². The highest BCUT2D eigenvalue weighted by Gasteiger charge is 2.28. The van der Waals surface area contributed by atoms with E-state index < -0.39 is 0 Å². The van der Waals surface area contributed by atoms with Crippen molar-refractivity contribution >= 4 is 5.69 Å². The zero-order chi connectivity index (χ0) is 12.5. The first-order chi connectivity index (χ1) is 8.03. The number of halogens is 1. The molecular weight excluding hydrogens is 219 g/mol. The lowest BCUT2D eigenvalue weighted by Gasteiger charge is -2.40. The highest BCUT2D eigenvalue weighted by Crippen LogP contribution is 2.27. The molecule has 0 saturated carbocycles. The molecule has 1 aliphatic heterocycles. The van der Waals surface area contributed by atoms with Crippen molar-refractivity contribution in [3.63, 3.8) is 0 Å². The SMILES string of the molecule is CC1(C)CN(c2cccc(F)c2CN)CCO1. The maximum absolute atomic E-state index is 13.7. The Morgan fingerprint density at radius 2 is 2.24 bits per heavy atom. The first-order valence-electron chi connectivity index (χ1n) is 5.90. The summed E-state index contributed by atoms with van der Waals surface area (Å²) in [5.74, 6) is -0.228. The minimum Gasteiger partial charge on any atom is -0.372 e. The topological polar surface area (TPSA) is 38.5 Å². The van der Waals surface area contributed by atoms with Crippen LogP contribution in [0, 0.1) is 5.82 Å². The summed E-state index contributed by atoms with van der Waals surface area (Å²) in [5, 5.41) is 0. The number of hydrogen-bond acceptors (Lipinski definition) is 3. The van der Waals surface area contributed by atoms with Crippen LogP contribution in [0.2, 0.25) is 0 Å². The van der Waals surface area contributed by atoms with E-state index in [0.29, 0.717) is 12.2 Å². The Hall–Kier alpha value is -1.13. The molecule has 1 aromatic carbocycles. The van der Waals surface area contributed by atoms with Gasteiger partial charge < -0.3 is 15.4 Å². The van der Waals surface area contributed by atoms with E-state index in [1.165, 1.54) is 6.07 Å². The number of anilines is 1. The van der Waals surface area contributed by atoms with E-state index in [2.05, 4.69) is 4.90 Å². The third-order valence-corrected chi connectivity index (χ3v) is 3.06. The third kappa shape index (κ3) is 2.58. The van der Waals surface area contributed by atoms with Crippen molar-refractivity contribution in [1.29, 1.82) is 0 Å². The van der Waals surface area contributed by atoms with E-state index in [1.54, 1.807) is 6.07 Å². The lowest BCUT2D eigenvalue weighted by molar-refractivity contribution is -0.0277. The van der Waals surface area contributed by atoms with Gasteiger partial charge in [0, 0.05) is 30.9 Å². The third-order valence-electron chi connectivity index (χ3n) is 3.06. The summed E-state index contributed by atoms with van der Waals surface area (Å²) in [4.78, 5) is 2.15. The molecule has 94 valence electrons. The van der Waals surface area contributed by atoms with Gasteiger partial charge in [-0.05, 0) is 26.0 Å². The van der Waals surface area contributed by atoms with Gasteiger partial charge in [-0.2, -0.15) is 0 Å². The summed E-state index contributed by atoms with van der Waals surface area (Å²) in [6.07, 6.45) is 0. The molecule has 0 bridgehead atoms. The van der Waals surface area contributed by atoms with Gasteiger partial charge in [0.05, 0.1) is 12.2 Å². The number of benzene rings is 1. The van der Waals surface area contributed by atoms with Gasteiger partial charge in [0.25, 0.3) is 0 Å². The van der Waals surface area contributed by atoms with Gasteiger partial charge in [-0.25, -0.2) is 4.39 Å². The van der Waals surface area contributed by atoms with E-state index in [-0.39, 0.29) is 18.0 Å². The first kappa shape index (κ1) is 12.3. The Morgan fingerprint density at radius 1 is 1.47 bits per heavy atom. The van der Waals surface area contributed by atoms with Crippen molar-refractivity contribution in [2.24, 2.45) is 5.73 Å². The standard InChI is InChI=1S/C13H19FN2O/c1-13(2)9-16(6-7-17-13)12-5-3-4-11(14)10(12)8-15/h3-5H,6-9,15H2,1-2H3. The van der Waals surface area contributed by atoms with Crippen molar-refractivity contribution in [3.8, 4) is 0 Å². The Kier molecular flexibility index (Phi) is 3.35. The number of nitrogens with zero attached hydrogens (tertiary/aromatic N) is 1. The molecule has 1 aromatic rings. The van der Waals surface area contributed by atoms with Crippen molar-refractivity contribution in [2.75, 3.05) is 24.6 Å². The van der Waals surface area contributed by atoms with Crippen LogP contribution in [0.5, 0.6) is 0 Å². The zero-order valence-corrected chi connectivity index (χ0v) is 10.4. The lowest BCUT2D eigenvalue weighted by atomic mass is 10.0. The molecule has 0 aromatic heterocycles. The smallest absolute Gasteiger partial charge is 0.129 e. The predicted molar refractivity (Wildman–Crippen MR) is 66.5 cm³/mol. The zero-order valence-electron chi connectivity index (χ0n) is 10.4.